The van der Waals surface area contributed by atoms with Gasteiger partial charge in [0, 0.05) is 11.8 Å². The molecule has 2 fully saturated rings. The van der Waals surface area contributed by atoms with Crippen molar-refractivity contribution in [1.29, 1.82) is 0 Å². The van der Waals surface area contributed by atoms with Crippen LogP contribution < -0.4 is 0 Å². The van der Waals surface area contributed by atoms with Crippen molar-refractivity contribution in [3.63, 3.8) is 0 Å². The zero-order chi connectivity index (χ0) is 50.6. The summed E-state index contributed by atoms with van der Waals surface area (Å²) in [4.78, 5) is 13.5. The fourth-order valence-electron chi connectivity index (χ4n) is 9.01. The summed E-state index contributed by atoms with van der Waals surface area (Å²) in [6, 6.07) is 70.1. The van der Waals surface area contributed by atoms with Crippen LogP contribution in [0.4, 0.5) is 0 Å². The SMILES string of the molecule is CC(=O)OC[C@H]1O[C@@H](OC[C@H]2O[C@@H](Sc3ccccc3)[C@H](OCc3ccccc3)[C@@H](OCc3ccccc3)[C@@H]2OCc2ccccc2)[C@H](OCc2ccccc2)[C@@H](OCc2ccccc2)[C@@H]1OCc1ccccc1. The Bertz CT molecular complexity index is 2660. The van der Waals surface area contributed by atoms with E-state index in [1.807, 2.05) is 200 Å². The Morgan fingerprint density at radius 3 is 1.05 bits per heavy atom. The molecule has 0 radical (unpaired) electrons. The molecule has 0 amide bonds. The van der Waals surface area contributed by atoms with Gasteiger partial charge >= 0.3 is 5.97 Å². The van der Waals surface area contributed by atoms with Crippen molar-refractivity contribution >= 4 is 17.7 Å². The standard InChI is InChI=1S/C62H64O11S/c1-45(63)64-43-53-55(65-37-46-23-9-2-10-24-46)57(67-39-48-27-13-4-14-28-48)59(69-41-50-31-17-6-18-32-50)61(72-53)71-44-54-56(66-38-47-25-11-3-12-26-47)58(68-40-49-29-15-5-16-30-49)60(70-42-51-33-19-7-20-34-51)62(73-54)74-52-35-21-8-22-36-52/h2-36,53-62H,37-44H2,1H3/t53-,54-,55-,56-,57+,58+,59-,60-,61-,62+/m1/s1. The minimum absolute atomic E-state index is 0.0288. The summed E-state index contributed by atoms with van der Waals surface area (Å²) in [6.07, 6.45) is -7.04. The minimum Gasteiger partial charge on any atom is -0.463 e. The molecule has 9 rings (SSSR count). The monoisotopic (exact) mass is 1020 g/mol. The second-order valence-corrected chi connectivity index (χ2v) is 19.4. The molecule has 10 atom stereocenters. The van der Waals surface area contributed by atoms with Crippen LogP contribution in [0.5, 0.6) is 0 Å². The van der Waals surface area contributed by atoms with Gasteiger partial charge in [-0.15, -0.1) is 0 Å². The number of hydrogen-bond donors (Lipinski definition) is 0. The van der Waals surface area contributed by atoms with Crippen LogP contribution in [-0.2, 0) is 91.8 Å². The fraction of sp³-hybridized carbons (Fsp3) is 0.306. The number of esters is 1. The summed E-state index contributed by atoms with van der Waals surface area (Å²) in [5.74, 6) is -0.460. The van der Waals surface area contributed by atoms with Crippen LogP contribution in [-0.4, -0.2) is 79.7 Å². The lowest BCUT2D eigenvalue weighted by Gasteiger charge is -2.48. The molecule has 0 saturated carbocycles. The number of thioether (sulfide) groups is 1. The first kappa shape index (κ1) is 52.8. The van der Waals surface area contributed by atoms with Crippen LogP contribution in [0.3, 0.4) is 0 Å². The molecule has 12 heteroatoms. The van der Waals surface area contributed by atoms with E-state index in [9.17, 15) is 4.79 Å². The van der Waals surface area contributed by atoms with E-state index in [1.165, 1.54) is 6.92 Å². The van der Waals surface area contributed by atoms with Crippen LogP contribution in [0.15, 0.2) is 217 Å². The summed E-state index contributed by atoms with van der Waals surface area (Å²) >= 11 is 1.56. The van der Waals surface area contributed by atoms with Gasteiger partial charge in [-0.3, -0.25) is 4.79 Å². The lowest BCUT2D eigenvalue weighted by atomic mass is 9.97. The van der Waals surface area contributed by atoms with Crippen molar-refractivity contribution < 1.29 is 52.2 Å². The number of carbonyl (C=O) groups is 1. The highest BCUT2D eigenvalue weighted by molar-refractivity contribution is 7.99. The van der Waals surface area contributed by atoms with Crippen LogP contribution in [0.1, 0.15) is 40.3 Å². The first-order valence-corrected chi connectivity index (χ1v) is 26.1. The second kappa shape index (κ2) is 28.1. The maximum atomic E-state index is 12.5. The summed E-state index contributed by atoms with van der Waals surface area (Å²) in [5, 5.41) is 0. The van der Waals surface area contributed by atoms with Crippen molar-refractivity contribution in [2.75, 3.05) is 13.2 Å². The molecule has 0 aliphatic carbocycles. The quantitative estimate of drug-likeness (QED) is 0.0509. The number of rotatable bonds is 25. The van der Waals surface area contributed by atoms with Crippen LogP contribution in [0.25, 0.3) is 0 Å². The Balaban J connectivity index is 1.08. The largest absolute Gasteiger partial charge is 0.463 e. The van der Waals surface area contributed by atoms with Gasteiger partial charge in [-0.25, -0.2) is 0 Å². The van der Waals surface area contributed by atoms with E-state index >= 15 is 0 Å². The zero-order valence-corrected chi connectivity index (χ0v) is 42.4. The number of carbonyl (C=O) groups excluding carboxylic acids is 1. The Labute approximate surface area is 438 Å². The van der Waals surface area contributed by atoms with E-state index in [1.54, 1.807) is 11.8 Å². The summed E-state index contributed by atoms with van der Waals surface area (Å²) in [5.41, 5.74) is 5.27. The third-order valence-electron chi connectivity index (χ3n) is 12.8. The van der Waals surface area contributed by atoms with E-state index in [-0.39, 0.29) is 39.6 Å². The molecule has 0 spiro atoms. The van der Waals surface area contributed by atoms with Crippen molar-refractivity contribution in [1.82, 2.24) is 0 Å². The highest BCUT2D eigenvalue weighted by Crippen LogP contribution is 2.39. The van der Waals surface area contributed by atoms with Crippen LogP contribution in [0, 0.1) is 0 Å². The van der Waals surface area contributed by atoms with E-state index < -0.39 is 66.5 Å². The molecular weight excluding hydrogens is 953 g/mol. The average molecular weight is 1020 g/mol. The van der Waals surface area contributed by atoms with Crippen molar-refractivity contribution in [2.45, 2.75) is 112 Å². The van der Waals surface area contributed by atoms with E-state index in [4.69, 9.17) is 47.4 Å². The third kappa shape index (κ3) is 15.5. The maximum Gasteiger partial charge on any atom is 0.302 e. The molecule has 7 aromatic rings. The molecule has 74 heavy (non-hydrogen) atoms. The first-order valence-electron chi connectivity index (χ1n) is 25.2. The van der Waals surface area contributed by atoms with Gasteiger partial charge in [-0.05, 0) is 45.5 Å². The first-order chi connectivity index (χ1) is 36.5. The van der Waals surface area contributed by atoms with Gasteiger partial charge in [0.15, 0.2) is 6.29 Å². The highest BCUT2D eigenvalue weighted by atomic mass is 32.2. The normalized spacial score (nSPS) is 23.7. The van der Waals surface area contributed by atoms with Gasteiger partial charge in [0.2, 0.25) is 0 Å². The Morgan fingerprint density at radius 2 is 0.676 bits per heavy atom. The van der Waals surface area contributed by atoms with Crippen molar-refractivity contribution in [3.8, 4) is 0 Å². The van der Waals surface area contributed by atoms with E-state index in [0.29, 0.717) is 13.2 Å². The Hall–Kier alpha value is -6.00. The third-order valence-corrected chi connectivity index (χ3v) is 13.9. The number of ether oxygens (including phenoxy) is 10. The molecule has 7 aromatic carbocycles. The predicted octanol–water partition coefficient (Wildman–Crippen LogP) is 11.3. The van der Waals surface area contributed by atoms with E-state index in [2.05, 4.69) is 12.1 Å². The fourth-order valence-corrected chi connectivity index (χ4v) is 10.2. The molecule has 0 N–H and O–H groups in total. The lowest BCUT2D eigenvalue weighted by Crippen LogP contribution is -2.63. The molecule has 0 unspecified atom stereocenters. The minimum atomic E-state index is -1.08. The van der Waals surface area contributed by atoms with Crippen molar-refractivity contribution in [2.24, 2.45) is 0 Å². The van der Waals surface area contributed by atoms with Gasteiger partial charge in [0.1, 0.15) is 60.9 Å². The Kier molecular flexibility index (Phi) is 20.0. The van der Waals surface area contributed by atoms with E-state index in [0.717, 1.165) is 38.3 Å². The lowest BCUT2D eigenvalue weighted by molar-refractivity contribution is -0.336. The summed E-state index contributed by atoms with van der Waals surface area (Å²) in [7, 11) is 0. The van der Waals surface area contributed by atoms with Crippen LogP contribution >= 0.6 is 11.8 Å². The average Bonchev–Trinajstić information content (AvgIpc) is 3.45. The summed E-state index contributed by atoms with van der Waals surface area (Å²) < 4.78 is 68.7. The molecular formula is C62H64O11S. The molecule has 2 heterocycles. The van der Waals surface area contributed by atoms with Gasteiger partial charge in [0.05, 0.1) is 46.2 Å². The smallest absolute Gasteiger partial charge is 0.302 e. The zero-order valence-electron chi connectivity index (χ0n) is 41.5. The molecule has 0 aromatic heterocycles. The molecule has 0 bridgehead atoms. The molecule has 384 valence electrons. The Morgan fingerprint density at radius 1 is 0.365 bits per heavy atom. The van der Waals surface area contributed by atoms with Crippen LogP contribution in [0.2, 0.25) is 0 Å². The molecule has 2 aliphatic rings. The number of hydrogen-bond acceptors (Lipinski definition) is 12. The highest BCUT2D eigenvalue weighted by Gasteiger charge is 2.52. The van der Waals surface area contributed by atoms with Gasteiger partial charge in [-0.2, -0.15) is 0 Å². The van der Waals surface area contributed by atoms with Gasteiger partial charge in [0.25, 0.3) is 0 Å². The molecule has 2 saturated heterocycles. The molecule has 11 nitrogen and oxygen atoms in total. The molecule has 2 aliphatic heterocycles. The summed E-state index contributed by atoms with van der Waals surface area (Å²) in [6.45, 7) is 2.78. The predicted molar refractivity (Wildman–Crippen MR) is 282 cm³/mol. The second-order valence-electron chi connectivity index (χ2n) is 18.2. The van der Waals surface area contributed by atoms with Gasteiger partial charge in [-0.1, -0.05) is 212 Å². The topological polar surface area (TPSA) is 109 Å². The number of benzene rings is 7. The van der Waals surface area contributed by atoms with Crippen molar-refractivity contribution in [3.05, 3.63) is 246 Å². The maximum absolute atomic E-state index is 12.5. The van der Waals surface area contributed by atoms with Gasteiger partial charge < -0.3 is 47.4 Å².